The number of ether oxygens (including phenoxy) is 1. The third-order valence-corrected chi connectivity index (χ3v) is 5.08. The molecule has 156 valence electrons. The van der Waals surface area contributed by atoms with E-state index in [-0.39, 0.29) is 18.4 Å². The van der Waals surface area contributed by atoms with Gasteiger partial charge in [0.1, 0.15) is 6.61 Å². The highest BCUT2D eigenvalue weighted by atomic mass is 16.5. The third kappa shape index (κ3) is 4.98. The van der Waals surface area contributed by atoms with E-state index in [0.29, 0.717) is 29.8 Å². The lowest BCUT2D eigenvalue weighted by Crippen LogP contribution is -2.23. The maximum Gasteiger partial charge on any atom is 0.338 e. The molecule has 3 aromatic carbocycles. The van der Waals surface area contributed by atoms with E-state index in [9.17, 15) is 14.4 Å². The number of esters is 1. The number of nitrogens with one attached hydrogen (secondary N) is 1. The average molecular weight is 414 g/mol. The highest BCUT2D eigenvalue weighted by Crippen LogP contribution is 2.22. The van der Waals surface area contributed by atoms with Crippen molar-refractivity contribution in [3.8, 4) is 0 Å². The SMILES string of the molecule is O=C(Nc1ccccc1)c1ccc(COC(=O)c2cccc(N3CCCC3=O)c2)cc1. The Morgan fingerprint density at radius 3 is 2.39 bits per heavy atom. The van der Waals surface area contributed by atoms with Gasteiger partial charge in [-0.2, -0.15) is 0 Å². The van der Waals surface area contributed by atoms with Crippen molar-refractivity contribution in [3.63, 3.8) is 0 Å². The van der Waals surface area contributed by atoms with E-state index in [4.69, 9.17) is 4.74 Å². The molecule has 31 heavy (non-hydrogen) atoms. The fourth-order valence-corrected chi connectivity index (χ4v) is 3.43. The molecular formula is C25H22N2O4. The van der Waals surface area contributed by atoms with E-state index < -0.39 is 5.97 Å². The molecule has 1 aliphatic rings. The van der Waals surface area contributed by atoms with Gasteiger partial charge >= 0.3 is 5.97 Å². The summed E-state index contributed by atoms with van der Waals surface area (Å²) in [5, 5.41) is 2.83. The number of amides is 2. The lowest BCUT2D eigenvalue weighted by atomic mass is 10.1. The Hall–Kier alpha value is -3.93. The summed E-state index contributed by atoms with van der Waals surface area (Å²) in [6.45, 7) is 0.758. The quantitative estimate of drug-likeness (QED) is 0.606. The van der Waals surface area contributed by atoms with Gasteiger partial charge in [0.15, 0.2) is 0 Å². The zero-order chi connectivity index (χ0) is 21.6. The normalized spacial score (nSPS) is 13.2. The van der Waals surface area contributed by atoms with Gasteiger partial charge in [-0.05, 0) is 54.4 Å². The van der Waals surface area contributed by atoms with Gasteiger partial charge in [0.05, 0.1) is 5.56 Å². The van der Waals surface area contributed by atoms with Crippen molar-refractivity contribution in [1.82, 2.24) is 0 Å². The highest BCUT2D eigenvalue weighted by Gasteiger charge is 2.22. The van der Waals surface area contributed by atoms with Gasteiger partial charge in [-0.1, -0.05) is 36.4 Å². The summed E-state index contributed by atoms with van der Waals surface area (Å²) in [6.07, 6.45) is 1.36. The molecule has 6 heteroatoms. The lowest BCUT2D eigenvalue weighted by Gasteiger charge is -2.16. The van der Waals surface area contributed by atoms with Crippen LogP contribution in [0.25, 0.3) is 0 Å². The monoisotopic (exact) mass is 414 g/mol. The third-order valence-electron chi connectivity index (χ3n) is 5.08. The number of para-hydroxylation sites is 1. The first-order valence-electron chi connectivity index (χ1n) is 10.1. The summed E-state index contributed by atoms with van der Waals surface area (Å²) in [5.41, 5.74) is 3.13. The topological polar surface area (TPSA) is 75.7 Å². The molecule has 0 aromatic heterocycles. The Kier molecular flexibility index (Phi) is 6.08. The van der Waals surface area contributed by atoms with E-state index in [1.54, 1.807) is 47.4 Å². The molecule has 1 heterocycles. The number of hydrogen-bond donors (Lipinski definition) is 1. The smallest absolute Gasteiger partial charge is 0.338 e. The number of anilines is 2. The van der Waals surface area contributed by atoms with Crippen LogP contribution in [0.4, 0.5) is 11.4 Å². The summed E-state index contributed by atoms with van der Waals surface area (Å²) in [4.78, 5) is 38.4. The molecule has 2 amide bonds. The van der Waals surface area contributed by atoms with Gasteiger partial charge in [0.2, 0.25) is 5.91 Å². The number of carbonyl (C=O) groups is 3. The van der Waals surface area contributed by atoms with E-state index in [0.717, 1.165) is 17.7 Å². The van der Waals surface area contributed by atoms with Crippen molar-refractivity contribution in [1.29, 1.82) is 0 Å². The molecule has 3 aromatic rings. The number of carbonyl (C=O) groups excluding carboxylic acids is 3. The van der Waals surface area contributed by atoms with Gasteiger partial charge in [-0.15, -0.1) is 0 Å². The second-order valence-corrected chi connectivity index (χ2v) is 7.29. The van der Waals surface area contributed by atoms with Gasteiger partial charge in [-0.25, -0.2) is 4.79 Å². The fourth-order valence-electron chi connectivity index (χ4n) is 3.43. The molecule has 0 aliphatic carbocycles. The van der Waals surface area contributed by atoms with Crippen LogP contribution in [0.3, 0.4) is 0 Å². The summed E-state index contributed by atoms with van der Waals surface area (Å²) in [7, 11) is 0. The van der Waals surface area contributed by atoms with Crippen LogP contribution in [-0.4, -0.2) is 24.3 Å². The minimum Gasteiger partial charge on any atom is -0.457 e. The van der Waals surface area contributed by atoms with Crippen molar-refractivity contribution in [2.24, 2.45) is 0 Å². The summed E-state index contributed by atoms with van der Waals surface area (Å²) < 4.78 is 5.41. The summed E-state index contributed by atoms with van der Waals surface area (Å²) >= 11 is 0. The molecule has 0 atom stereocenters. The van der Waals surface area contributed by atoms with Crippen molar-refractivity contribution in [2.45, 2.75) is 19.4 Å². The molecular weight excluding hydrogens is 392 g/mol. The molecule has 0 saturated carbocycles. The highest BCUT2D eigenvalue weighted by molar-refractivity contribution is 6.04. The molecule has 1 aliphatic heterocycles. The largest absolute Gasteiger partial charge is 0.457 e. The predicted molar refractivity (Wildman–Crippen MR) is 118 cm³/mol. The first-order valence-corrected chi connectivity index (χ1v) is 10.1. The van der Waals surface area contributed by atoms with Crippen LogP contribution in [-0.2, 0) is 16.1 Å². The molecule has 1 saturated heterocycles. The van der Waals surface area contributed by atoms with E-state index in [1.165, 1.54) is 0 Å². The lowest BCUT2D eigenvalue weighted by molar-refractivity contribution is -0.117. The predicted octanol–water partition coefficient (Wildman–Crippen LogP) is 4.42. The van der Waals surface area contributed by atoms with E-state index in [2.05, 4.69) is 5.32 Å². The van der Waals surface area contributed by atoms with E-state index >= 15 is 0 Å². The number of benzene rings is 3. The van der Waals surface area contributed by atoms with Crippen LogP contribution < -0.4 is 10.2 Å². The minimum absolute atomic E-state index is 0.0712. The molecule has 6 nitrogen and oxygen atoms in total. The Bertz CT molecular complexity index is 1090. The Balaban J connectivity index is 1.34. The van der Waals surface area contributed by atoms with Crippen molar-refractivity contribution >= 4 is 29.2 Å². The van der Waals surface area contributed by atoms with Crippen LogP contribution in [0.2, 0.25) is 0 Å². The second kappa shape index (κ2) is 9.26. The molecule has 0 radical (unpaired) electrons. The van der Waals surface area contributed by atoms with Crippen LogP contribution in [0.1, 0.15) is 39.1 Å². The molecule has 0 spiro atoms. The first-order chi connectivity index (χ1) is 15.1. The molecule has 0 bridgehead atoms. The standard InChI is InChI=1S/C25H22N2O4/c28-23-10-5-15-27(23)22-9-4-6-20(16-22)25(30)31-17-18-11-13-19(14-12-18)24(29)26-21-7-2-1-3-8-21/h1-4,6-9,11-14,16H,5,10,15,17H2,(H,26,29). The van der Waals surface area contributed by atoms with Crippen LogP contribution >= 0.6 is 0 Å². The van der Waals surface area contributed by atoms with Gasteiger partial charge in [0.25, 0.3) is 5.91 Å². The summed E-state index contributed by atoms with van der Waals surface area (Å²) in [6, 6.07) is 23.1. The number of nitrogens with zero attached hydrogens (tertiary/aromatic N) is 1. The molecule has 4 rings (SSSR count). The van der Waals surface area contributed by atoms with Crippen molar-refractivity contribution < 1.29 is 19.1 Å². The van der Waals surface area contributed by atoms with Gasteiger partial charge in [-0.3, -0.25) is 9.59 Å². The molecule has 1 N–H and O–H groups in total. The van der Waals surface area contributed by atoms with Crippen LogP contribution in [0, 0.1) is 0 Å². The minimum atomic E-state index is -0.459. The second-order valence-electron chi connectivity index (χ2n) is 7.29. The number of rotatable bonds is 6. The van der Waals surface area contributed by atoms with Gasteiger partial charge < -0.3 is 15.0 Å². The van der Waals surface area contributed by atoms with Crippen molar-refractivity contribution in [3.05, 3.63) is 95.6 Å². The van der Waals surface area contributed by atoms with Crippen LogP contribution in [0.15, 0.2) is 78.9 Å². The van der Waals surface area contributed by atoms with E-state index in [1.807, 2.05) is 36.4 Å². The molecule has 0 unspecified atom stereocenters. The maximum absolute atomic E-state index is 12.5. The summed E-state index contributed by atoms with van der Waals surface area (Å²) in [5.74, 6) is -0.593. The zero-order valence-electron chi connectivity index (χ0n) is 16.9. The zero-order valence-corrected chi connectivity index (χ0v) is 16.9. The fraction of sp³-hybridized carbons (Fsp3) is 0.160. The Morgan fingerprint density at radius 2 is 1.68 bits per heavy atom. The van der Waals surface area contributed by atoms with Crippen LogP contribution in [0.5, 0.6) is 0 Å². The van der Waals surface area contributed by atoms with Gasteiger partial charge in [0, 0.05) is 29.9 Å². The Morgan fingerprint density at radius 1 is 0.903 bits per heavy atom. The maximum atomic E-state index is 12.5. The number of hydrogen-bond acceptors (Lipinski definition) is 4. The average Bonchev–Trinajstić information content (AvgIpc) is 3.24. The first kappa shape index (κ1) is 20.3. The molecule has 1 fully saturated rings. The van der Waals surface area contributed by atoms with Crippen molar-refractivity contribution in [2.75, 3.05) is 16.8 Å². The Labute approximate surface area is 180 Å².